The van der Waals surface area contributed by atoms with E-state index >= 15 is 0 Å². The minimum atomic E-state index is -0.122. The van der Waals surface area contributed by atoms with E-state index in [2.05, 4.69) is 22.3 Å². The molecule has 4 heteroatoms. The lowest BCUT2D eigenvalue weighted by Gasteiger charge is -2.44. The summed E-state index contributed by atoms with van der Waals surface area (Å²) in [6.07, 6.45) is 5.80. The van der Waals surface area contributed by atoms with Crippen LogP contribution in [-0.4, -0.2) is 30.4 Å². The molecule has 1 aromatic carbocycles. The van der Waals surface area contributed by atoms with Crippen molar-refractivity contribution in [3.05, 3.63) is 48.2 Å². The Balaban J connectivity index is 1.58. The third kappa shape index (κ3) is 2.75. The Morgan fingerprint density at radius 2 is 1.92 bits per heavy atom. The summed E-state index contributed by atoms with van der Waals surface area (Å²) in [6, 6.07) is 12.1. The molecule has 0 saturated carbocycles. The second-order valence-electron chi connectivity index (χ2n) is 7.00. The highest BCUT2D eigenvalue weighted by atomic mass is 16.3. The summed E-state index contributed by atoms with van der Waals surface area (Å²) < 4.78 is 5.57. The monoisotopic (exact) mass is 324 g/mol. The van der Waals surface area contributed by atoms with Gasteiger partial charge in [0.25, 0.3) is 0 Å². The van der Waals surface area contributed by atoms with E-state index in [4.69, 9.17) is 4.42 Å². The summed E-state index contributed by atoms with van der Waals surface area (Å²) in [5.41, 5.74) is 2.12. The molecule has 24 heavy (non-hydrogen) atoms. The van der Waals surface area contributed by atoms with Gasteiger partial charge in [0.2, 0.25) is 5.91 Å². The molecular weight excluding hydrogens is 300 g/mol. The van der Waals surface area contributed by atoms with E-state index in [0.29, 0.717) is 12.5 Å². The minimum absolute atomic E-state index is 0.122. The van der Waals surface area contributed by atoms with Gasteiger partial charge in [-0.3, -0.25) is 4.79 Å². The fraction of sp³-hybridized carbons (Fsp3) is 0.450. The van der Waals surface area contributed by atoms with Crippen LogP contribution in [0.25, 0.3) is 11.3 Å². The predicted octanol–water partition coefficient (Wildman–Crippen LogP) is 3.44. The number of hydrogen-bond donors (Lipinski definition) is 1. The molecule has 1 amide bonds. The quantitative estimate of drug-likeness (QED) is 0.941. The summed E-state index contributed by atoms with van der Waals surface area (Å²) in [5.74, 6) is 1.22. The predicted molar refractivity (Wildman–Crippen MR) is 93.3 cm³/mol. The highest BCUT2D eigenvalue weighted by molar-refractivity contribution is 5.84. The fourth-order valence-electron chi connectivity index (χ4n) is 4.21. The normalized spacial score (nSPS) is 20.5. The molecule has 4 rings (SSSR count). The third-order valence-corrected chi connectivity index (χ3v) is 5.55. The lowest BCUT2D eigenvalue weighted by molar-refractivity contribution is -0.149. The van der Waals surface area contributed by atoms with Crippen molar-refractivity contribution in [1.29, 1.82) is 0 Å². The minimum Gasteiger partial charge on any atom is -0.464 e. The molecule has 4 nitrogen and oxygen atoms in total. The van der Waals surface area contributed by atoms with Gasteiger partial charge in [-0.05, 0) is 56.5 Å². The molecule has 2 aliphatic heterocycles. The number of amides is 1. The first-order valence-electron chi connectivity index (χ1n) is 8.90. The molecule has 2 aliphatic rings. The number of nitrogens with one attached hydrogen (secondary N) is 1. The number of likely N-dealkylation sites (tertiary alicyclic amines) is 1. The Morgan fingerprint density at radius 1 is 1.08 bits per heavy atom. The maximum atomic E-state index is 13.2. The van der Waals surface area contributed by atoms with Crippen LogP contribution >= 0.6 is 0 Å². The number of piperidine rings is 2. The molecule has 2 saturated heterocycles. The average molecular weight is 324 g/mol. The molecule has 0 bridgehead atoms. The summed E-state index contributed by atoms with van der Waals surface area (Å²) in [6.45, 7) is 3.45. The first-order valence-corrected chi connectivity index (χ1v) is 8.90. The van der Waals surface area contributed by atoms with Crippen LogP contribution in [0.15, 0.2) is 47.1 Å². The van der Waals surface area contributed by atoms with Gasteiger partial charge in [-0.2, -0.15) is 0 Å². The molecular formula is C20H24N2O2. The first-order chi connectivity index (χ1) is 11.8. The number of hydrogen-bond acceptors (Lipinski definition) is 3. The zero-order valence-corrected chi connectivity index (χ0v) is 14.0. The second-order valence-corrected chi connectivity index (χ2v) is 7.00. The van der Waals surface area contributed by atoms with Gasteiger partial charge in [0.1, 0.15) is 5.76 Å². The first kappa shape index (κ1) is 15.5. The van der Waals surface area contributed by atoms with Crippen molar-refractivity contribution < 1.29 is 9.21 Å². The van der Waals surface area contributed by atoms with Crippen molar-refractivity contribution in [3.8, 4) is 11.3 Å². The van der Waals surface area contributed by atoms with Crippen molar-refractivity contribution in [3.63, 3.8) is 0 Å². The van der Waals surface area contributed by atoms with Gasteiger partial charge in [-0.25, -0.2) is 0 Å². The Labute approximate surface area is 142 Å². The van der Waals surface area contributed by atoms with E-state index in [1.807, 2.05) is 24.3 Å². The molecule has 2 aromatic rings. The van der Waals surface area contributed by atoms with Crippen LogP contribution in [0, 0.1) is 5.41 Å². The standard InChI is InChI=1S/C20H24N2O2/c23-19-20(9-11-21-12-10-20)8-4-13-22(19)15-16-5-1-2-6-17(16)18-7-3-14-24-18/h1-3,5-7,14,21H,4,8-13,15H2. The van der Waals surface area contributed by atoms with E-state index in [-0.39, 0.29) is 5.41 Å². The van der Waals surface area contributed by atoms with Gasteiger partial charge in [-0.15, -0.1) is 0 Å². The molecule has 126 valence electrons. The molecule has 0 atom stereocenters. The van der Waals surface area contributed by atoms with E-state index in [1.165, 1.54) is 0 Å². The van der Waals surface area contributed by atoms with Gasteiger partial charge in [0, 0.05) is 18.7 Å². The smallest absolute Gasteiger partial charge is 0.229 e. The van der Waals surface area contributed by atoms with Crippen molar-refractivity contribution >= 4 is 5.91 Å². The third-order valence-electron chi connectivity index (χ3n) is 5.55. The average Bonchev–Trinajstić information content (AvgIpc) is 3.15. The van der Waals surface area contributed by atoms with Gasteiger partial charge < -0.3 is 14.6 Å². The molecule has 0 radical (unpaired) electrons. The van der Waals surface area contributed by atoms with Crippen molar-refractivity contribution in [2.75, 3.05) is 19.6 Å². The maximum absolute atomic E-state index is 13.2. The summed E-state index contributed by atoms with van der Waals surface area (Å²) >= 11 is 0. The van der Waals surface area contributed by atoms with E-state index < -0.39 is 0 Å². The molecule has 1 spiro atoms. The summed E-state index contributed by atoms with van der Waals surface area (Å²) in [4.78, 5) is 15.2. The lowest BCUT2D eigenvalue weighted by Crippen LogP contribution is -2.52. The van der Waals surface area contributed by atoms with E-state index in [1.54, 1.807) is 6.26 Å². The van der Waals surface area contributed by atoms with E-state index in [0.717, 1.165) is 62.2 Å². The van der Waals surface area contributed by atoms with Crippen molar-refractivity contribution in [1.82, 2.24) is 10.2 Å². The number of nitrogens with zero attached hydrogens (tertiary/aromatic N) is 1. The highest BCUT2D eigenvalue weighted by Crippen LogP contribution is 2.40. The van der Waals surface area contributed by atoms with Crippen LogP contribution in [0.4, 0.5) is 0 Å². The number of benzene rings is 1. The van der Waals surface area contributed by atoms with Crippen molar-refractivity contribution in [2.45, 2.75) is 32.2 Å². The SMILES string of the molecule is O=C1N(Cc2ccccc2-c2ccco2)CCCC12CCNCC2. The Bertz CT molecular complexity index is 697. The zero-order valence-electron chi connectivity index (χ0n) is 14.0. The maximum Gasteiger partial charge on any atom is 0.229 e. The summed E-state index contributed by atoms with van der Waals surface area (Å²) in [5, 5.41) is 3.39. The molecule has 2 fully saturated rings. The zero-order chi connectivity index (χ0) is 16.4. The largest absolute Gasteiger partial charge is 0.464 e. The van der Waals surface area contributed by atoms with Gasteiger partial charge in [0.05, 0.1) is 11.7 Å². The Kier molecular flexibility index (Phi) is 4.15. The molecule has 1 aromatic heterocycles. The number of rotatable bonds is 3. The highest BCUT2D eigenvalue weighted by Gasteiger charge is 2.44. The second kappa shape index (κ2) is 6.44. The molecule has 3 heterocycles. The Hall–Kier alpha value is -2.07. The molecule has 0 unspecified atom stereocenters. The van der Waals surface area contributed by atoms with Gasteiger partial charge >= 0.3 is 0 Å². The topological polar surface area (TPSA) is 45.5 Å². The number of carbonyl (C=O) groups excluding carboxylic acids is 1. The van der Waals surface area contributed by atoms with Crippen LogP contribution in [0.5, 0.6) is 0 Å². The number of carbonyl (C=O) groups is 1. The van der Waals surface area contributed by atoms with Crippen molar-refractivity contribution in [2.24, 2.45) is 5.41 Å². The Morgan fingerprint density at radius 3 is 2.71 bits per heavy atom. The van der Waals surface area contributed by atoms with Crippen LogP contribution < -0.4 is 5.32 Å². The number of furan rings is 1. The lowest BCUT2D eigenvalue weighted by atomic mass is 9.72. The van der Waals surface area contributed by atoms with Gasteiger partial charge in [0.15, 0.2) is 0 Å². The van der Waals surface area contributed by atoms with Crippen LogP contribution in [0.3, 0.4) is 0 Å². The summed E-state index contributed by atoms with van der Waals surface area (Å²) in [7, 11) is 0. The van der Waals surface area contributed by atoms with Crippen LogP contribution in [0.1, 0.15) is 31.2 Å². The van der Waals surface area contributed by atoms with Crippen LogP contribution in [-0.2, 0) is 11.3 Å². The van der Waals surface area contributed by atoms with Crippen LogP contribution in [0.2, 0.25) is 0 Å². The van der Waals surface area contributed by atoms with E-state index in [9.17, 15) is 4.79 Å². The van der Waals surface area contributed by atoms with Gasteiger partial charge in [-0.1, -0.05) is 24.3 Å². The fourth-order valence-corrected chi connectivity index (χ4v) is 4.21. The molecule has 0 aliphatic carbocycles. The molecule has 1 N–H and O–H groups in total.